The average molecular weight is 211 g/mol. The smallest absolute Gasteiger partial charge is 0.139 e. The summed E-state index contributed by atoms with van der Waals surface area (Å²) in [6, 6.07) is 0. The standard InChI is InChI=1S/C11H21N3O/c1-6-14-8-7-12-10(14)9(15)11(2,3)13(4)5/h7-9,15H,6H2,1-5H3. The maximum absolute atomic E-state index is 10.3. The molecule has 0 aromatic carbocycles. The van der Waals surface area contributed by atoms with Crippen LogP contribution in [0.1, 0.15) is 32.7 Å². The number of aliphatic hydroxyl groups excluding tert-OH is 1. The van der Waals surface area contributed by atoms with Crippen molar-refractivity contribution in [3.63, 3.8) is 0 Å². The Bertz CT molecular complexity index is 317. The van der Waals surface area contributed by atoms with Crippen LogP contribution < -0.4 is 0 Å². The van der Waals surface area contributed by atoms with E-state index in [9.17, 15) is 5.11 Å². The van der Waals surface area contributed by atoms with Gasteiger partial charge in [-0.15, -0.1) is 0 Å². The summed E-state index contributed by atoms with van der Waals surface area (Å²) in [5, 5.41) is 10.3. The van der Waals surface area contributed by atoms with Crippen LogP contribution in [0.4, 0.5) is 0 Å². The summed E-state index contributed by atoms with van der Waals surface area (Å²) >= 11 is 0. The molecule has 0 saturated carbocycles. The first kappa shape index (κ1) is 12.2. The lowest BCUT2D eigenvalue weighted by Crippen LogP contribution is -2.44. The molecule has 0 saturated heterocycles. The minimum absolute atomic E-state index is 0.321. The molecule has 1 rings (SSSR count). The number of aliphatic hydroxyl groups is 1. The molecule has 86 valence electrons. The maximum Gasteiger partial charge on any atom is 0.139 e. The van der Waals surface area contributed by atoms with Crippen molar-refractivity contribution in [2.75, 3.05) is 14.1 Å². The van der Waals surface area contributed by atoms with Gasteiger partial charge in [-0.2, -0.15) is 0 Å². The van der Waals surface area contributed by atoms with Gasteiger partial charge in [-0.25, -0.2) is 4.98 Å². The van der Waals surface area contributed by atoms with E-state index in [4.69, 9.17) is 0 Å². The normalized spacial score (nSPS) is 14.6. The minimum Gasteiger partial charge on any atom is -0.383 e. The number of hydrogen-bond donors (Lipinski definition) is 1. The lowest BCUT2D eigenvalue weighted by atomic mass is 9.95. The molecule has 0 fully saturated rings. The van der Waals surface area contributed by atoms with Crippen LogP contribution in [0.3, 0.4) is 0 Å². The topological polar surface area (TPSA) is 41.3 Å². The van der Waals surface area contributed by atoms with Crippen LogP contribution in [0.5, 0.6) is 0 Å². The van der Waals surface area contributed by atoms with Gasteiger partial charge in [0.1, 0.15) is 11.9 Å². The number of imidazole rings is 1. The number of nitrogens with zero attached hydrogens (tertiary/aromatic N) is 3. The molecule has 1 aromatic heterocycles. The molecule has 0 radical (unpaired) electrons. The van der Waals surface area contributed by atoms with Crippen molar-refractivity contribution in [3.8, 4) is 0 Å². The van der Waals surface area contributed by atoms with Crippen LogP contribution in [-0.2, 0) is 6.54 Å². The molecule has 1 atom stereocenters. The van der Waals surface area contributed by atoms with Crippen LogP contribution in [-0.4, -0.2) is 39.2 Å². The van der Waals surface area contributed by atoms with Gasteiger partial charge in [0.25, 0.3) is 0 Å². The minimum atomic E-state index is -0.581. The van der Waals surface area contributed by atoms with Gasteiger partial charge in [-0.3, -0.25) is 0 Å². The fourth-order valence-corrected chi connectivity index (χ4v) is 1.40. The van der Waals surface area contributed by atoms with Crippen molar-refractivity contribution in [1.29, 1.82) is 0 Å². The van der Waals surface area contributed by atoms with E-state index in [-0.39, 0.29) is 5.54 Å². The number of rotatable bonds is 4. The van der Waals surface area contributed by atoms with Crippen molar-refractivity contribution < 1.29 is 5.11 Å². The second kappa shape index (κ2) is 4.33. The van der Waals surface area contributed by atoms with E-state index < -0.39 is 6.10 Å². The summed E-state index contributed by atoms with van der Waals surface area (Å²) < 4.78 is 1.97. The summed E-state index contributed by atoms with van der Waals surface area (Å²) in [6.07, 6.45) is 3.04. The fraction of sp³-hybridized carbons (Fsp3) is 0.727. The number of aryl methyl sites for hydroxylation is 1. The Labute approximate surface area is 91.5 Å². The van der Waals surface area contributed by atoms with E-state index in [1.54, 1.807) is 6.20 Å². The SMILES string of the molecule is CCn1ccnc1C(O)C(C)(C)N(C)C. The summed E-state index contributed by atoms with van der Waals surface area (Å²) in [6.45, 7) is 6.88. The van der Waals surface area contributed by atoms with Gasteiger partial charge >= 0.3 is 0 Å². The van der Waals surface area contributed by atoms with Crippen molar-refractivity contribution in [1.82, 2.24) is 14.5 Å². The van der Waals surface area contributed by atoms with E-state index in [0.29, 0.717) is 0 Å². The van der Waals surface area contributed by atoms with Crippen LogP contribution in [0.15, 0.2) is 12.4 Å². The van der Waals surface area contributed by atoms with Crippen molar-refractivity contribution in [2.24, 2.45) is 0 Å². The summed E-state index contributed by atoms with van der Waals surface area (Å²) in [5.74, 6) is 0.733. The monoisotopic (exact) mass is 211 g/mol. The van der Waals surface area contributed by atoms with Crippen LogP contribution in [0, 0.1) is 0 Å². The highest BCUT2D eigenvalue weighted by atomic mass is 16.3. The van der Waals surface area contributed by atoms with Gasteiger partial charge in [-0.1, -0.05) is 0 Å². The third-order valence-electron chi connectivity index (χ3n) is 3.15. The van der Waals surface area contributed by atoms with Gasteiger partial charge in [0.15, 0.2) is 0 Å². The molecule has 1 heterocycles. The molecule has 1 aromatic rings. The Morgan fingerprint density at radius 3 is 2.60 bits per heavy atom. The van der Waals surface area contributed by atoms with E-state index >= 15 is 0 Å². The molecule has 4 heteroatoms. The van der Waals surface area contributed by atoms with Gasteiger partial charge in [0.05, 0.1) is 0 Å². The Balaban J connectivity index is 2.98. The molecular formula is C11H21N3O. The second-order valence-electron chi connectivity index (χ2n) is 4.52. The van der Waals surface area contributed by atoms with Crippen LogP contribution in [0.2, 0.25) is 0 Å². The summed E-state index contributed by atoms with van der Waals surface area (Å²) in [4.78, 5) is 6.23. The molecule has 0 amide bonds. The molecule has 1 unspecified atom stereocenters. The predicted octanol–water partition coefficient (Wildman–Crippen LogP) is 1.28. The molecule has 15 heavy (non-hydrogen) atoms. The number of hydrogen-bond acceptors (Lipinski definition) is 3. The third-order valence-corrected chi connectivity index (χ3v) is 3.15. The van der Waals surface area contributed by atoms with E-state index in [2.05, 4.69) is 4.98 Å². The molecule has 4 nitrogen and oxygen atoms in total. The highest BCUT2D eigenvalue weighted by molar-refractivity contribution is 5.04. The highest BCUT2D eigenvalue weighted by Gasteiger charge is 2.33. The quantitative estimate of drug-likeness (QED) is 0.815. The van der Waals surface area contributed by atoms with E-state index in [0.717, 1.165) is 12.4 Å². The van der Waals surface area contributed by atoms with Crippen molar-refractivity contribution >= 4 is 0 Å². The van der Waals surface area contributed by atoms with Crippen LogP contribution >= 0.6 is 0 Å². The van der Waals surface area contributed by atoms with Crippen LogP contribution in [0.25, 0.3) is 0 Å². The zero-order valence-corrected chi connectivity index (χ0v) is 10.2. The Morgan fingerprint density at radius 2 is 2.13 bits per heavy atom. The average Bonchev–Trinajstić information content (AvgIpc) is 2.63. The molecular weight excluding hydrogens is 190 g/mol. The molecule has 0 aliphatic heterocycles. The predicted molar refractivity (Wildman–Crippen MR) is 60.6 cm³/mol. The van der Waals surface area contributed by atoms with E-state index in [1.165, 1.54) is 0 Å². The lowest BCUT2D eigenvalue weighted by molar-refractivity contribution is 0.00856. The Hall–Kier alpha value is -0.870. The zero-order valence-electron chi connectivity index (χ0n) is 10.2. The third kappa shape index (κ3) is 2.21. The van der Waals surface area contributed by atoms with E-state index in [1.807, 2.05) is 50.5 Å². The Morgan fingerprint density at radius 1 is 1.53 bits per heavy atom. The number of likely N-dealkylation sites (N-methyl/N-ethyl adjacent to an activating group) is 1. The summed E-state index contributed by atoms with van der Waals surface area (Å²) in [5.41, 5.74) is -0.321. The van der Waals surface area contributed by atoms with Gasteiger partial charge in [0.2, 0.25) is 0 Å². The molecule has 0 aliphatic rings. The Kier molecular flexibility index (Phi) is 3.52. The zero-order chi connectivity index (χ0) is 11.6. The largest absolute Gasteiger partial charge is 0.383 e. The summed E-state index contributed by atoms with van der Waals surface area (Å²) in [7, 11) is 3.92. The molecule has 0 bridgehead atoms. The van der Waals surface area contributed by atoms with Crippen molar-refractivity contribution in [2.45, 2.75) is 39.0 Å². The first-order valence-corrected chi connectivity index (χ1v) is 5.27. The maximum atomic E-state index is 10.3. The lowest BCUT2D eigenvalue weighted by Gasteiger charge is -2.36. The van der Waals surface area contributed by atoms with Gasteiger partial charge < -0.3 is 14.6 Å². The van der Waals surface area contributed by atoms with Gasteiger partial charge in [0, 0.05) is 24.5 Å². The van der Waals surface area contributed by atoms with Crippen molar-refractivity contribution in [3.05, 3.63) is 18.2 Å². The second-order valence-corrected chi connectivity index (χ2v) is 4.52. The fourth-order valence-electron chi connectivity index (χ4n) is 1.40. The number of aromatic nitrogens is 2. The molecule has 1 N–H and O–H groups in total. The first-order valence-electron chi connectivity index (χ1n) is 5.27. The molecule has 0 spiro atoms. The first-order chi connectivity index (χ1) is 6.91. The highest BCUT2D eigenvalue weighted by Crippen LogP contribution is 2.28. The molecule has 0 aliphatic carbocycles. The van der Waals surface area contributed by atoms with Gasteiger partial charge in [-0.05, 0) is 34.9 Å².